The van der Waals surface area contributed by atoms with Gasteiger partial charge in [0.2, 0.25) is 0 Å². The highest BCUT2D eigenvalue weighted by Crippen LogP contribution is 2.26. The fraction of sp³-hybridized carbons (Fsp3) is 0.550. The molecule has 1 amide bonds. The van der Waals surface area contributed by atoms with Crippen LogP contribution in [-0.4, -0.2) is 35.0 Å². The van der Waals surface area contributed by atoms with Crippen molar-refractivity contribution in [3.63, 3.8) is 0 Å². The van der Waals surface area contributed by atoms with Gasteiger partial charge in [0.1, 0.15) is 11.6 Å². The van der Waals surface area contributed by atoms with Crippen LogP contribution < -0.4 is 10.2 Å². The van der Waals surface area contributed by atoms with E-state index in [1.54, 1.807) is 6.07 Å². The zero-order valence-corrected chi connectivity index (χ0v) is 17.9. The number of rotatable bonds is 9. The monoisotopic (exact) mass is 390 g/mol. The number of hydrogen-bond donors (Lipinski definition) is 1. The molecule has 0 spiro atoms. The third-order valence-electron chi connectivity index (χ3n) is 4.04. The molecule has 148 valence electrons. The summed E-state index contributed by atoms with van der Waals surface area (Å²) >= 11 is 1.52. The molecular formula is C20H30N4O2S. The van der Waals surface area contributed by atoms with Crippen molar-refractivity contribution >= 4 is 23.5 Å². The topological polar surface area (TPSA) is 71.3 Å². The largest absolute Gasteiger partial charge is 0.455 e. The van der Waals surface area contributed by atoms with Gasteiger partial charge in [-0.2, -0.15) is 0 Å². The summed E-state index contributed by atoms with van der Waals surface area (Å²) < 4.78 is 5.67. The Balaban J connectivity index is 2.13. The molecule has 2 aromatic heterocycles. The number of hydrogen-bond acceptors (Lipinski definition) is 6. The summed E-state index contributed by atoms with van der Waals surface area (Å²) in [6.45, 7) is 14.2. The maximum absolute atomic E-state index is 12.0. The van der Waals surface area contributed by atoms with Crippen molar-refractivity contribution in [2.45, 2.75) is 64.4 Å². The molecule has 0 aromatic carbocycles. The van der Waals surface area contributed by atoms with Crippen LogP contribution in [0.1, 0.15) is 69.5 Å². The number of anilines is 1. The van der Waals surface area contributed by atoms with E-state index in [0.717, 1.165) is 35.5 Å². The third-order valence-corrected chi connectivity index (χ3v) is 4.91. The fourth-order valence-electron chi connectivity index (χ4n) is 2.55. The quantitative estimate of drug-likeness (QED) is 0.503. The van der Waals surface area contributed by atoms with E-state index in [1.807, 2.05) is 19.9 Å². The molecule has 27 heavy (non-hydrogen) atoms. The van der Waals surface area contributed by atoms with E-state index in [9.17, 15) is 4.79 Å². The van der Waals surface area contributed by atoms with Gasteiger partial charge in [-0.25, -0.2) is 9.97 Å². The molecule has 0 aliphatic heterocycles. The van der Waals surface area contributed by atoms with E-state index < -0.39 is 0 Å². The summed E-state index contributed by atoms with van der Waals surface area (Å²) in [5.74, 6) is 2.74. The standard InChI is InChI=1S/C20H30N4O2S/c1-7-24(8-2)18-11-16(13(3)4)22-20(23-18)27-12-15-9-10-17(26-15)19(25)21-14(5)6/h9-11,13-14H,7-8,12H2,1-6H3,(H,21,25). The number of amides is 1. The van der Waals surface area contributed by atoms with Crippen molar-refractivity contribution < 1.29 is 9.21 Å². The molecule has 2 aromatic rings. The maximum atomic E-state index is 12.0. The molecule has 0 saturated carbocycles. The molecule has 7 heteroatoms. The first-order valence-electron chi connectivity index (χ1n) is 9.50. The fourth-order valence-corrected chi connectivity index (χ4v) is 3.30. The highest BCUT2D eigenvalue weighted by Gasteiger charge is 2.15. The second-order valence-electron chi connectivity index (χ2n) is 6.94. The van der Waals surface area contributed by atoms with Crippen LogP contribution in [0.15, 0.2) is 27.8 Å². The van der Waals surface area contributed by atoms with Gasteiger partial charge < -0.3 is 14.6 Å². The lowest BCUT2D eigenvalue weighted by Crippen LogP contribution is -2.29. The van der Waals surface area contributed by atoms with Crippen LogP contribution in [0, 0.1) is 0 Å². The Labute approximate surface area is 166 Å². The van der Waals surface area contributed by atoms with E-state index in [0.29, 0.717) is 17.4 Å². The van der Waals surface area contributed by atoms with Gasteiger partial charge in [0, 0.05) is 30.9 Å². The number of carbonyl (C=O) groups is 1. The number of aromatic nitrogens is 2. The predicted octanol–water partition coefficient (Wildman–Crippen LogP) is 4.47. The Kier molecular flexibility index (Phi) is 7.71. The minimum absolute atomic E-state index is 0.0751. The summed E-state index contributed by atoms with van der Waals surface area (Å²) in [5.41, 5.74) is 1.03. The first-order valence-corrected chi connectivity index (χ1v) is 10.5. The van der Waals surface area contributed by atoms with E-state index in [-0.39, 0.29) is 11.9 Å². The lowest BCUT2D eigenvalue weighted by Gasteiger charge is -2.21. The Morgan fingerprint density at radius 2 is 1.89 bits per heavy atom. The summed E-state index contributed by atoms with van der Waals surface area (Å²) in [4.78, 5) is 23.6. The summed E-state index contributed by atoms with van der Waals surface area (Å²) in [6.07, 6.45) is 0. The molecule has 0 unspecified atom stereocenters. The maximum Gasteiger partial charge on any atom is 0.287 e. The van der Waals surface area contributed by atoms with Gasteiger partial charge >= 0.3 is 0 Å². The van der Waals surface area contributed by atoms with Crippen LogP contribution >= 0.6 is 11.8 Å². The number of carbonyl (C=O) groups excluding carboxylic acids is 1. The zero-order chi connectivity index (χ0) is 20.0. The molecule has 0 bridgehead atoms. The van der Waals surface area contributed by atoms with Crippen molar-refractivity contribution in [3.8, 4) is 0 Å². The van der Waals surface area contributed by atoms with Crippen LogP contribution in [0.2, 0.25) is 0 Å². The Bertz CT molecular complexity index is 754. The van der Waals surface area contributed by atoms with Gasteiger partial charge in [-0.05, 0) is 45.7 Å². The van der Waals surface area contributed by atoms with Crippen LogP contribution in [-0.2, 0) is 5.75 Å². The molecule has 2 heterocycles. The van der Waals surface area contributed by atoms with Crippen molar-refractivity contribution in [3.05, 3.63) is 35.4 Å². The second-order valence-corrected chi connectivity index (χ2v) is 7.89. The molecule has 0 aliphatic rings. The Morgan fingerprint density at radius 3 is 2.48 bits per heavy atom. The van der Waals surface area contributed by atoms with E-state index in [4.69, 9.17) is 9.40 Å². The van der Waals surface area contributed by atoms with Crippen molar-refractivity contribution in [2.75, 3.05) is 18.0 Å². The van der Waals surface area contributed by atoms with Crippen molar-refractivity contribution in [1.82, 2.24) is 15.3 Å². The highest BCUT2D eigenvalue weighted by molar-refractivity contribution is 7.98. The van der Waals surface area contributed by atoms with Crippen LogP contribution in [0.3, 0.4) is 0 Å². The van der Waals surface area contributed by atoms with Gasteiger partial charge in [-0.1, -0.05) is 25.6 Å². The second kappa shape index (κ2) is 9.78. The lowest BCUT2D eigenvalue weighted by atomic mass is 10.1. The number of nitrogens with zero attached hydrogens (tertiary/aromatic N) is 3. The number of thioether (sulfide) groups is 1. The van der Waals surface area contributed by atoms with Crippen molar-refractivity contribution in [2.24, 2.45) is 0 Å². The van der Waals surface area contributed by atoms with Gasteiger partial charge in [0.05, 0.1) is 5.75 Å². The molecule has 0 aliphatic carbocycles. The molecule has 0 fully saturated rings. The van der Waals surface area contributed by atoms with E-state index in [2.05, 4.69) is 49.0 Å². The predicted molar refractivity (Wildman–Crippen MR) is 111 cm³/mol. The zero-order valence-electron chi connectivity index (χ0n) is 17.1. The smallest absolute Gasteiger partial charge is 0.287 e. The van der Waals surface area contributed by atoms with Gasteiger partial charge in [0.25, 0.3) is 5.91 Å². The minimum Gasteiger partial charge on any atom is -0.455 e. The minimum atomic E-state index is -0.192. The summed E-state index contributed by atoms with van der Waals surface area (Å²) in [5, 5.41) is 3.56. The lowest BCUT2D eigenvalue weighted by molar-refractivity contribution is 0.0913. The van der Waals surface area contributed by atoms with Crippen LogP contribution in [0.5, 0.6) is 0 Å². The molecule has 2 rings (SSSR count). The molecule has 0 atom stereocenters. The van der Waals surface area contributed by atoms with E-state index in [1.165, 1.54) is 11.8 Å². The average Bonchev–Trinajstić information content (AvgIpc) is 3.09. The first-order chi connectivity index (χ1) is 12.8. The highest BCUT2D eigenvalue weighted by atomic mass is 32.2. The molecule has 0 saturated heterocycles. The van der Waals surface area contributed by atoms with Crippen molar-refractivity contribution in [1.29, 1.82) is 0 Å². The van der Waals surface area contributed by atoms with Gasteiger partial charge in [-0.15, -0.1) is 0 Å². The summed E-state index contributed by atoms with van der Waals surface area (Å²) in [7, 11) is 0. The van der Waals surface area contributed by atoms with E-state index >= 15 is 0 Å². The normalized spacial score (nSPS) is 11.3. The van der Waals surface area contributed by atoms with Crippen LogP contribution in [0.25, 0.3) is 0 Å². The third kappa shape index (κ3) is 5.99. The number of furan rings is 1. The number of nitrogens with one attached hydrogen (secondary N) is 1. The van der Waals surface area contributed by atoms with Gasteiger partial charge in [-0.3, -0.25) is 4.79 Å². The Hall–Kier alpha value is -2.02. The summed E-state index contributed by atoms with van der Waals surface area (Å²) in [6, 6.07) is 5.69. The van der Waals surface area contributed by atoms with Crippen LogP contribution in [0.4, 0.5) is 5.82 Å². The molecule has 1 N–H and O–H groups in total. The first kappa shape index (κ1) is 21.3. The molecule has 6 nitrogen and oxygen atoms in total. The Morgan fingerprint density at radius 1 is 1.19 bits per heavy atom. The van der Waals surface area contributed by atoms with Gasteiger partial charge in [0.15, 0.2) is 10.9 Å². The molecule has 0 radical (unpaired) electrons. The SMILES string of the molecule is CCN(CC)c1cc(C(C)C)nc(SCc2ccc(C(=O)NC(C)C)o2)n1. The average molecular weight is 391 g/mol. The molecular weight excluding hydrogens is 360 g/mol.